The molecule has 2 aromatic carbocycles. The van der Waals surface area contributed by atoms with E-state index in [9.17, 15) is 13.6 Å². The molecule has 0 fully saturated rings. The van der Waals surface area contributed by atoms with Crippen molar-refractivity contribution in [3.8, 4) is 0 Å². The van der Waals surface area contributed by atoms with Gasteiger partial charge in [0.1, 0.15) is 11.6 Å². The first kappa shape index (κ1) is 24.7. The molecule has 1 atom stereocenters. The highest BCUT2D eigenvalue weighted by Crippen LogP contribution is 2.33. The highest BCUT2D eigenvalue weighted by atomic mass is 32.2. The van der Waals surface area contributed by atoms with Gasteiger partial charge in [0.2, 0.25) is 0 Å². The maximum absolute atomic E-state index is 13.1. The van der Waals surface area contributed by atoms with Gasteiger partial charge in [-0.25, -0.2) is 8.78 Å². The Morgan fingerprint density at radius 1 is 0.933 bits per heavy atom. The van der Waals surface area contributed by atoms with E-state index >= 15 is 0 Å². The Kier molecular flexibility index (Phi) is 10.2. The second-order valence-corrected chi connectivity index (χ2v) is 10.7. The van der Waals surface area contributed by atoms with Crippen LogP contribution in [0.1, 0.15) is 50.7 Å². The molecule has 0 aliphatic heterocycles. The lowest BCUT2D eigenvalue weighted by Crippen LogP contribution is -2.19. The zero-order chi connectivity index (χ0) is 22.0. The summed E-state index contributed by atoms with van der Waals surface area (Å²) >= 11 is 3.68. The Bertz CT molecular complexity index is 777. The Hall–Kier alpha value is -1.53. The normalized spacial score (nSPS) is 12.7. The number of rotatable bonds is 13. The van der Waals surface area contributed by atoms with Gasteiger partial charge in [-0.05, 0) is 65.8 Å². The summed E-state index contributed by atoms with van der Waals surface area (Å²) in [7, 11) is 0. The lowest BCUT2D eigenvalue weighted by molar-refractivity contribution is -0.139. The number of carbonyl (C=O) groups is 1. The topological polar surface area (TPSA) is 37.3 Å². The van der Waals surface area contributed by atoms with Crippen LogP contribution in [-0.2, 0) is 16.3 Å². The van der Waals surface area contributed by atoms with E-state index in [-0.39, 0.29) is 23.5 Å². The van der Waals surface area contributed by atoms with Crippen molar-refractivity contribution in [3.63, 3.8) is 0 Å². The molecule has 164 valence electrons. The van der Waals surface area contributed by atoms with Crippen molar-refractivity contribution < 1.29 is 18.7 Å². The largest absolute Gasteiger partial charge is 0.481 e. The fraction of sp³-hybridized carbons (Fsp3) is 0.458. The third kappa shape index (κ3) is 9.98. The third-order valence-electron chi connectivity index (χ3n) is 4.94. The zero-order valence-electron chi connectivity index (χ0n) is 17.6. The molecular formula is C24H30F2O2S2. The first-order valence-electron chi connectivity index (χ1n) is 10.1. The zero-order valence-corrected chi connectivity index (χ0v) is 19.2. The molecule has 0 radical (unpaired) electrons. The van der Waals surface area contributed by atoms with Gasteiger partial charge in [0.25, 0.3) is 0 Å². The van der Waals surface area contributed by atoms with Gasteiger partial charge in [-0.15, -0.1) is 0 Å². The molecule has 2 aromatic rings. The second-order valence-electron chi connectivity index (χ2n) is 8.30. The number of thioether (sulfide) groups is 2. The molecule has 2 nitrogen and oxygen atoms in total. The van der Waals surface area contributed by atoms with E-state index in [4.69, 9.17) is 5.11 Å². The SMILES string of the molecule is CC(C)(CCC(CCSCc1ccc(F)cc1)SCc1ccc(F)cc1)CC(=O)O. The molecule has 2 rings (SSSR count). The maximum Gasteiger partial charge on any atom is 0.303 e. The Balaban J connectivity index is 1.85. The first-order valence-corrected chi connectivity index (χ1v) is 12.3. The van der Waals surface area contributed by atoms with Crippen LogP contribution in [-0.4, -0.2) is 22.1 Å². The van der Waals surface area contributed by atoms with E-state index < -0.39 is 5.97 Å². The quantitative estimate of drug-likeness (QED) is 0.327. The van der Waals surface area contributed by atoms with Gasteiger partial charge in [0, 0.05) is 16.8 Å². The smallest absolute Gasteiger partial charge is 0.303 e. The summed E-state index contributed by atoms with van der Waals surface area (Å²) in [6.07, 6.45) is 2.98. The molecule has 0 bridgehead atoms. The Labute approximate surface area is 186 Å². The van der Waals surface area contributed by atoms with E-state index in [1.165, 1.54) is 24.3 Å². The first-order chi connectivity index (χ1) is 14.2. The number of halogens is 2. The summed E-state index contributed by atoms with van der Waals surface area (Å²) in [6, 6.07) is 13.2. The van der Waals surface area contributed by atoms with Crippen LogP contribution in [0.2, 0.25) is 0 Å². The molecular weight excluding hydrogens is 422 g/mol. The molecule has 6 heteroatoms. The molecule has 0 saturated heterocycles. The maximum atomic E-state index is 13.1. The van der Waals surface area contributed by atoms with Gasteiger partial charge in [0.05, 0.1) is 6.42 Å². The van der Waals surface area contributed by atoms with Gasteiger partial charge in [-0.3, -0.25) is 4.79 Å². The minimum Gasteiger partial charge on any atom is -0.481 e. The van der Waals surface area contributed by atoms with Crippen LogP contribution >= 0.6 is 23.5 Å². The van der Waals surface area contributed by atoms with Crippen molar-refractivity contribution in [1.29, 1.82) is 0 Å². The van der Waals surface area contributed by atoms with Crippen molar-refractivity contribution >= 4 is 29.5 Å². The van der Waals surface area contributed by atoms with Crippen LogP contribution in [0.15, 0.2) is 48.5 Å². The third-order valence-corrected chi connectivity index (χ3v) is 7.44. The van der Waals surface area contributed by atoms with Crippen LogP contribution in [0.5, 0.6) is 0 Å². The molecule has 0 amide bonds. The van der Waals surface area contributed by atoms with Crippen LogP contribution in [0, 0.1) is 17.0 Å². The average Bonchev–Trinajstić information content (AvgIpc) is 2.68. The number of hydrogen-bond donors (Lipinski definition) is 1. The van der Waals surface area contributed by atoms with Crippen LogP contribution in [0.4, 0.5) is 8.78 Å². The minimum absolute atomic E-state index is 0.168. The molecule has 1 unspecified atom stereocenters. The molecule has 0 saturated carbocycles. The molecule has 1 N–H and O–H groups in total. The standard InChI is InChI=1S/C24H30F2O2S2/c1-24(2,15-23(27)28)13-11-22(30-17-19-5-9-21(26)10-6-19)12-14-29-16-18-3-7-20(25)8-4-18/h3-10,22H,11-17H2,1-2H3,(H,27,28). The molecule has 30 heavy (non-hydrogen) atoms. The van der Waals surface area contributed by atoms with Gasteiger partial charge in [-0.2, -0.15) is 23.5 Å². The van der Waals surface area contributed by atoms with Gasteiger partial charge >= 0.3 is 5.97 Å². The number of carboxylic acids is 1. The van der Waals surface area contributed by atoms with Crippen LogP contribution in [0.25, 0.3) is 0 Å². The minimum atomic E-state index is -0.759. The fourth-order valence-corrected chi connectivity index (χ4v) is 5.50. The molecule has 0 spiro atoms. The molecule has 0 heterocycles. The predicted octanol–water partition coefficient (Wildman–Crippen LogP) is 7.17. The lowest BCUT2D eigenvalue weighted by Gasteiger charge is -2.25. The number of hydrogen-bond acceptors (Lipinski definition) is 3. The van der Waals surface area contributed by atoms with E-state index in [1.54, 1.807) is 0 Å². The highest BCUT2D eigenvalue weighted by Gasteiger charge is 2.23. The second kappa shape index (κ2) is 12.4. The van der Waals surface area contributed by atoms with E-state index in [2.05, 4.69) is 0 Å². The Morgan fingerprint density at radius 2 is 1.47 bits per heavy atom. The summed E-state index contributed by atoms with van der Waals surface area (Å²) in [5.74, 6) is 1.44. The number of aliphatic carboxylic acids is 1. The molecule has 0 aliphatic rings. The monoisotopic (exact) mass is 452 g/mol. The van der Waals surface area contributed by atoms with Crippen LogP contribution < -0.4 is 0 Å². The van der Waals surface area contributed by atoms with Gasteiger partial charge in [0.15, 0.2) is 0 Å². The van der Waals surface area contributed by atoms with E-state index in [0.29, 0.717) is 5.25 Å². The molecule has 0 aromatic heterocycles. The van der Waals surface area contributed by atoms with Crippen LogP contribution in [0.3, 0.4) is 0 Å². The fourth-order valence-electron chi connectivity index (χ4n) is 3.14. The van der Waals surface area contributed by atoms with E-state index in [0.717, 1.165) is 47.6 Å². The summed E-state index contributed by atoms with van der Waals surface area (Å²) in [4.78, 5) is 11.1. The summed E-state index contributed by atoms with van der Waals surface area (Å²) < 4.78 is 26.2. The van der Waals surface area contributed by atoms with Crippen molar-refractivity contribution in [2.75, 3.05) is 5.75 Å². The van der Waals surface area contributed by atoms with Crippen molar-refractivity contribution in [1.82, 2.24) is 0 Å². The predicted molar refractivity (Wildman–Crippen MR) is 124 cm³/mol. The summed E-state index contributed by atoms with van der Waals surface area (Å²) in [5, 5.41) is 9.53. The average molecular weight is 453 g/mol. The van der Waals surface area contributed by atoms with Crippen molar-refractivity contribution in [3.05, 3.63) is 71.3 Å². The number of carboxylic acid groups (broad SMARTS) is 1. The van der Waals surface area contributed by atoms with Gasteiger partial charge < -0.3 is 5.11 Å². The summed E-state index contributed by atoms with van der Waals surface area (Å²) in [5.41, 5.74) is 1.97. The summed E-state index contributed by atoms with van der Waals surface area (Å²) in [6.45, 7) is 4.01. The van der Waals surface area contributed by atoms with Crippen molar-refractivity contribution in [2.45, 2.75) is 56.3 Å². The molecule has 0 aliphatic carbocycles. The highest BCUT2D eigenvalue weighted by molar-refractivity contribution is 7.99. The lowest BCUT2D eigenvalue weighted by atomic mass is 9.84. The van der Waals surface area contributed by atoms with E-state index in [1.807, 2.05) is 61.6 Å². The van der Waals surface area contributed by atoms with Crippen molar-refractivity contribution in [2.24, 2.45) is 5.41 Å². The Morgan fingerprint density at radius 3 is 2.00 bits per heavy atom. The number of benzene rings is 2. The van der Waals surface area contributed by atoms with Gasteiger partial charge in [-0.1, -0.05) is 38.1 Å².